The van der Waals surface area contributed by atoms with Crippen LogP contribution in [0.15, 0.2) is 10.5 Å². The van der Waals surface area contributed by atoms with E-state index >= 15 is 0 Å². The minimum atomic E-state index is -0.713. The molecule has 3 nitrogen and oxygen atoms in total. The summed E-state index contributed by atoms with van der Waals surface area (Å²) in [5.41, 5.74) is 0.527. The number of ether oxygens (including phenoxy) is 2. The molecule has 0 aliphatic carbocycles. The number of hydrogen-bond acceptors (Lipinski definition) is 3. The Morgan fingerprint density at radius 3 is 2.27 bits per heavy atom. The zero-order valence-electron chi connectivity index (χ0n) is 8.67. The first-order chi connectivity index (χ1) is 7.02. The van der Waals surface area contributed by atoms with Gasteiger partial charge in [-0.05, 0) is 28.9 Å². The van der Waals surface area contributed by atoms with Crippen molar-refractivity contribution in [2.45, 2.75) is 13.0 Å². The third kappa shape index (κ3) is 2.38. The number of halogens is 2. The smallest absolute Gasteiger partial charge is 0.175 e. The third-order valence-corrected chi connectivity index (χ3v) is 2.91. The van der Waals surface area contributed by atoms with Crippen molar-refractivity contribution in [1.29, 1.82) is 0 Å². The molecular formula is C10H12BrClO3. The normalized spacial score (nSPS) is 12.4. The number of aliphatic hydroxyl groups is 1. The summed E-state index contributed by atoms with van der Waals surface area (Å²) < 4.78 is 11.1. The van der Waals surface area contributed by atoms with Crippen LogP contribution in [0.1, 0.15) is 18.6 Å². The van der Waals surface area contributed by atoms with Crippen molar-refractivity contribution >= 4 is 27.5 Å². The lowest BCUT2D eigenvalue weighted by Crippen LogP contribution is -2.01. The van der Waals surface area contributed by atoms with E-state index in [0.29, 0.717) is 26.6 Å². The third-order valence-electron chi connectivity index (χ3n) is 2.00. The van der Waals surface area contributed by atoms with E-state index in [1.807, 2.05) is 0 Å². The van der Waals surface area contributed by atoms with Crippen molar-refractivity contribution in [3.63, 3.8) is 0 Å². The Hall–Kier alpha value is -0.450. The second-order valence-corrected chi connectivity index (χ2v) is 4.26. The Morgan fingerprint density at radius 2 is 1.87 bits per heavy atom. The van der Waals surface area contributed by atoms with E-state index in [4.69, 9.17) is 21.1 Å². The van der Waals surface area contributed by atoms with E-state index in [9.17, 15) is 5.11 Å². The van der Waals surface area contributed by atoms with E-state index < -0.39 is 6.10 Å². The van der Waals surface area contributed by atoms with Gasteiger partial charge in [0.05, 0.1) is 29.8 Å². The highest BCUT2D eigenvalue weighted by Crippen LogP contribution is 2.44. The van der Waals surface area contributed by atoms with Gasteiger partial charge in [-0.1, -0.05) is 11.6 Å². The van der Waals surface area contributed by atoms with E-state index in [1.165, 1.54) is 14.2 Å². The van der Waals surface area contributed by atoms with Gasteiger partial charge < -0.3 is 14.6 Å². The summed E-state index contributed by atoms with van der Waals surface area (Å²) in [5.74, 6) is 0.977. The minimum absolute atomic E-state index is 0.439. The Morgan fingerprint density at radius 1 is 1.33 bits per heavy atom. The molecule has 0 aliphatic heterocycles. The number of methoxy groups -OCH3 is 2. The summed E-state index contributed by atoms with van der Waals surface area (Å²) in [7, 11) is 3.04. The molecule has 1 aromatic carbocycles. The Kier molecular flexibility index (Phi) is 4.25. The van der Waals surface area contributed by atoms with Gasteiger partial charge in [-0.3, -0.25) is 0 Å². The Labute approximate surface area is 102 Å². The standard InChI is InChI=1S/C10H12BrClO3/c1-5(13)8-7(12)4-6(11)9(14-2)10(8)15-3/h4-5,13H,1-3H3. The van der Waals surface area contributed by atoms with E-state index in [0.717, 1.165) is 0 Å². The predicted octanol–water partition coefficient (Wildman–Crippen LogP) is 3.17. The molecule has 0 radical (unpaired) electrons. The van der Waals surface area contributed by atoms with Gasteiger partial charge in [0.25, 0.3) is 0 Å². The van der Waals surface area contributed by atoms with Gasteiger partial charge >= 0.3 is 0 Å². The average Bonchev–Trinajstić information content (AvgIpc) is 2.15. The minimum Gasteiger partial charge on any atom is -0.492 e. The van der Waals surface area contributed by atoms with Gasteiger partial charge in [-0.15, -0.1) is 0 Å². The van der Waals surface area contributed by atoms with Crippen LogP contribution in [0.2, 0.25) is 5.02 Å². The summed E-state index contributed by atoms with van der Waals surface area (Å²) in [4.78, 5) is 0. The summed E-state index contributed by atoms with van der Waals surface area (Å²) in [6.45, 7) is 1.62. The van der Waals surface area contributed by atoms with E-state index in [2.05, 4.69) is 15.9 Å². The second-order valence-electron chi connectivity index (χ2n) is 3.00. The van der Waals surface area contributed by atoms with Crippen LogP contribution >= 0.6 is 27.5 Å². The molecule has 0 bridgehead atoms. The number of aliphatic hydroxyl groups excluding tert-OH is 1. The average molecular weight is 296 g/mol. The lowest BCUT2D eigenvalue weighted by atomic mass is 10.1. The first-order valence-electron chi connectivity index (χ1n) is 4.30. The molecule has 0 spiro atoms. The van der Waals surface area contributed by atoms with Crippen molar-refractivity contribution < 1.29 is 14.6 Å². The first kappa shape index (κ1) is 12.6. The maximum Gasteiger partial charge on any atom is 0.175 e. The molecule has 0 amide bonds. The first-order valence-corrected chi connectivity index (χ1v) is 5.48. The predicted molar refractivity (Wildman–Crippen MR) is 62.9 cm³/mol. The summed E-state index contributed by atoms with van der Waals surface area (Å²) in [6.07, 6.45) is -0.713. The summed E-state index contributed by atoms with van der Waals surface area (Å²) >= 11 is 9.32. The van der Waals surface area contributed by atoms with E-state index in [1.54, 1.807) is 13.0 Å². The lowest BCUT2D eigenvalue weighted by molar-refractivity contribution is 0.193. The molecule has 84 valence electrons. The highest BCUT2D eigenvalue weighted by Gasteiger charge is 2.20. The van der Waals surface area contributed by atoms with Crippen LogP contribution in [0.3, 0.4) is 0 Å². The molecule has 1 atom stereocenters. The molecule has 0 heterocycles. The van der Waals surface area contributed by atoms with Gasteiger partial charge in [0.15, 0.2) is 11.5 Å². The molecule has 1 N–H and O–H groups in total. The van der Waals surface area contributed by atoms with E-state index in [-0.39, 0.29) is 0 Å². The Bertz CT molecular complexity index is 366. The van der Waals surface area contributed by atoms with Gasteiger partial charge in [0, 0.05) is 5.56 Å². The molecule has 5 heteroatoms. The Balaban J connectivity index is 3.49. The summed E-state index contributed by atoms with van der Waals surface area (Å²) in [5, 5.41) is 10.0. The highest BCUT2D eigenvalue weighted by molar-refractivity contribution is 9.10. The zero-order valence-corrected chi connectivity index (χ0v) is 11.0. The van der Waals surface area contributed by atoms with Crippen molar-refractivity contribution in [2.24, 2.45) is 0 Å². The molecule has 1 unspecified atom stereocenters. The fraction of sp³-hybridized carbons (Fsp3) is 0.400. The lowest BCUT2D eigenvalue weighted by Gasteiger charge is -2.17. The van der Waals surface area contributed by atoms with Crippen LogP contribution in [-0.2, 0) is 0 Å². The molecule has 0 fully saturated rings. The number of hydrogen-bond donors (Lipinski definition) is 1. The largest absolute Gasteiger partial charge is 0.492 e. The highest BCUT2D eigenvalue weighted by atomic mass is 79.9. The molecule has 1 aromatic rings. The molecule has 1 rings (SSSR count). The molecule has 0 saturated heterocycles. The quantitative estimate of drug-likeness (QED) is 0.931. The monoisotopic (exact) mass is 294 g/mol. The SMILES string of the molecule is COc1c(Br)cc(Cl)c(C(C)O)c1OC. The maximum atomic E-state index is 9.59. The van der Waals surface area contributed by atoms with Crippen LogP contribution in [0.25, 0.3) is 0 Å². The van der Waals surface area contributed by atoms with Crippen LogP contribution in [0.4, 0.5) is 0 Å². The van der Waals surface area contributed by atoms with Crippen LogP contribution < -0.4 is 9.47 Å². The van der Waals surface area contributed by atoms with Crippen LogP contribution in [-0.4, -0.2) is 19.3 Å². The van der Waals surface area contributed by atoms with Crippen molar-refractivity contribution in [3.8, 4) is 11.5 Å². The van der Waals surface area contributed by atoms with Crippen molar-refractivity contribution in [3.05, 3.63) is 21.1 Å². The van der Waals surface area contributed by atoms with Crippen molar-refractivity contribution in [2.75, 3.05) is 14.2 Å². The molecular weight excluding hydrogens is 283 g/mol. The number of rotatable bonds is 3. The molecule has 15 heavy (non-hydrogen) atoms. The number of benzene rings is 1. The molecule has 0 aliphatic rings. The van der Waals surface area contributed by atoms with Gasteiger partial charge in [0.1, 0.15) is 0 Å². The molecule has 0 aromatic heterocycles. The zero-order chi connectivity index (χ0) is 11.6. The van der Waals surface area contributed by atoms with Gasteiger partial charge in [0.2, 0.25) is 0 Å². The van der Waals surface area contributed by atoms with Crippen LogP contribution in [0.5, 0.6) is 11.5 Å². The fourth-order valence-corrected chi connectivity index (χ4v) is 2.43. The second kappa shape index (κ2) is 5.05. The topological polar surface area (TPSA) is 38.7 Å². The summed E-state index contributed by atoms with van der Waals surface area (Å²) in [6, 6.07) is 1.67. The van der Waals surface area contributed by atoms with Crippen molar-refractivity contribution in [1.82, 2.24) is 0 Å². The van der Waals surface area contributed by atoms with Gasteiger partial charge in [-0.2, -0.15) is 0 Å². The van der Waals surface area contributed by atoms with Crippen LogP contribution in [0, 0.1) is 0 Å². The van der Waals surface area contributed by atoms with Gasteiger partial charge in [-0.25, -0.2) is 0 Å². The molecule has 0 saturated carbocycles. The fourth-order valence-electron chi connectivity index (χ4n) is 1.38. The maximum absolute atomic E-state index is 9.59.